The number of hydrogen-bond donors (Lipinski definition) is 1. The molecule has 0 saturated carbocycles. The monoisotopic (exact) mass is 402 g/mol. The van der Waals surface area contributed by atoms with Gasteiger partial charge >= 0.3 is 12.1 Å². The smallest absolute Gasteiger partial charge is 0.409 e. The third-order valence-electron chi connectivity index (χ3n) is 5.10. The van der Waals surface area contributed by atoms with Gasteiger partial charge in [-0.15, -0.1) is 0 Å². The second-order valence-electron chi connectivity index (χ2n) is 7.02. The molecule has 1 aromatic rings. The van der Waals surface area contributed by atoms with Crippen LogP contribution in [0.1, 0.15) is 25.3 Å². The van der Waals surface area contributed by atoms with Crippen molar-refractivity contribution in [1.82, 2.24) is 20.0 Å². The zero-order chi connectivity index (χ0) is 20.8. The molecule has 0 aromatic heterocycles. The summed E-state index contributed by atoms with van der Waals surface area (Å²) in [5.74, 6) is -0.393. The maximum Gasteiger partial charge on any atom is 0.409 e. The molecule has 0 unspecified atom stereocenters. The van der Waals surface area contributed by atoms with Gasteiger partial charge in [0.25, 0.3) is 5.91 Å². The normalized spacial score (nSPS) is 19.3. The molecule has 156 valence electrons. The molecule has 2 saturated heterocycles. The van der Waals surface area contributed by atoms with Gasteiger partial charge in [-0.1, -0.05) is 30.3 Å². The summed E-state index contributed by atoms with van der Waals surface area (Å²) in [5, 5.41) is 2.67. The zero-order valence-electron chi connectivity index (χ0n) is 16.5. The molecule has 2 aliphatic rings. The topological polar surface area (TPSA) is 99.3 Å². The number of carbonyl (C=O) groups excluding carboxylic acids is 4. The van der Waals surface area contributed by atoms with Crippen molar-refractivity contribution >= 4 is 23.9 Å². The Kier molecular flexibility index (Phi) is 6.69. The fraction of sp³-hybridized carbons (Fsp3) is 0.500. The van der Waals surface area contributed by atoms with Crippen LogP contribution in [0.5, 0.6) is 0 Å². The highest BCUT2D eigenvalue weighted by molar-refractivity contribution is 6.04. The van der Waals surface area contributed by atoms with Gasteiger partial charge in [-0.3, -0.25) is 14.5 Å². The first-order chi connectivity index (χ1) is 14.0. The van der Waals surface area contributed by atoms with E-state index in [-0.39, 0.29) is 37.3 Å². The lowest BCUT2D eigenvalue weighted by atomic mass is 10.1. The van der Waals surface area contributed by atoms with Gasteiger partial charge in [-0.25, -0.2) is 9.59 Å². The fourth-order valence-corrected chi connectivity index (χ4v) is 3.47. The molecule has 2 heterocycles. The minimum Gasteiger partial charge on any atom is -0.450 e. The number of urea groups is 1. The number of benzene rings is 1. The molecular weight excluding hydrogens is 376 g/mol. The molecule has 0 aliphatic carbocycles. The first-order valence-electron chi connectivity index (χ1n) is 9.85. The lowest BCUT2D eigenvalue weighted by molar-refractivity contribution is -0.133. The molecule has 29 heavy (non-hydrogen) atoms. The Morgan fingerprint density at radius 2 is 1.72 bits per heavy atom. The van der Waals surface area contributed by atoms with E-state index in [1.807, 2.05) is 30.3 Å². The lowest BCUT2D eigenvalue weighted by Crippen LogP contribution is -2.50. The van der Waals surface area contributed by atoms with E-state index >= 15 is 0 Å². The number of rotatable bonds is 6. The van der Waals surface area contributed by atoms with Gasteiger partial charge in [-0.05, 0) is 18.9 Å². The lowest BCUT2D eigenvalue weighted by Gasteiger charge is -2.34. The summed E-state index contributed by atoms with van der Waals surface area (Å²) >= 11 is 0. The first kappa shape index (κ1) is 20.6. The van der Waals surface area contributed by atoms with Gasteiger partial charge < -0.3 is 19.9 Å². The zero-order valence-corrected chi connectivity index (χ0v) is 16.5. The van der Waals surface area contributed by atoms with Crippen LogP contribution in [0, 0.1) is 0 Å². The van der Waals surface area contributed by atoms with Crippen molar-refractivity contribution in [3.8, 4) is 0 Å². The van der Waals surface area contributed by atoms with Crippen LogP contribution in [-0.2, 0) is 20.9 Å². The number of nitrogens with one attached hydrogen (secondary N) is 1. The Morgan fingerprint density at radius 1 is 1.07 bits per heavy atom. The molecule has 1 atom stereocenters. The first-order valence-corrected chi connectivity index (χ1v) is 9.85. The largest absolute Gasteiger partial charge is 0.450 e. The van der Waals surface area contributed by atoms with Crippen LogP contribution < -0.4 is 5.32 Å². The van der Waals surface area contributed by atoms with Gasteiger partial charge in [0.05, 0.1) is 13.2 Å². The van der Waals surface area contributed by atoms with Gasteiger partial charge in [0.2, 0.25) is 5.91 Å². The van der Waals surface area contributed by atoms with Gasteiger partial charge in [0.15, 0.2) is 0 Å². The summed E-state index contributed by atoms with van der Waals surface area (Å²) in [7, 11) is 0. The van der Waals surface area contributed by atoms with Crippen molar-refractivity contribution < 1.29 is 23.9 Å². The third kappa shape index (κ3) is 5.04. The summed E-state index contributed by atoms with van der Waals surface area (Å²) in [6.07, 6.45) is 0.0552. The van der Waals surface area contributed by atoms with E-state index in [1.165, 1.54) is 4.90 Å². The van der Waals surface area contributed by atoms with Crippen LogP contribution in [0.15, 0.2) is 30.3 Å². The van der Waals surface area contributed by atoms with Crippen molar-refractivity contribution in [2.24, 2.45) is 0 Å². The molecule has 1 N–H and O–H groups in total. The summed E-state index contributed by atoms with van der Waals surface area (Å²) in [4.78, 5) is 53.3. The van der Waals surface area contributed by atoms with E-state index < -0.39 is 12.1 Å². The molecule has 2 fully saturated rings. The highest BCUT2D eigenvalue weighted by Gasteiger charge is 2.38. The van der Waals surface area contributed by atoms with Crippen molar-refractivity contribution in [3.63, 3.8) is 0 Å². The molecule has 2 aliphatic heterocycles. The molecule has 0 bridgehead atoms. The van der Waals surface area contributed by atoms with Crippen molar-refractivity contribution in [1.29, 1.82) is 0 Å². The van der Waals surface area contributed by atoms with Crippen LogP contribution in [0.2, 0.25) is 0 Å². The Hall–Kier alpha value is -3.10. The Bertz CT molecular complexity index is 761. The molecule has 9 heteroatoms. The summed E-state index contributed by atoms with van der Waals surface area (Å²) < 4.78 is 4.97. The molecular formula is C20H26N4O5. The molecule has 1 aromatic carbocycles. The van der Waals surface area contributed by atoms with E-state index in [4.69, 9.17) is 4.74 Å². The highest BCUT2D eigenvalue weighted by Crippen LogP contribution is 2.16. The average molecular weight is 402 g/mol. The van der Waals surface area contributed by atoms with E-state index in [0.717, 1.165) is 5.56 Å². The van der Waals surface area contributed by atoms with Crippen molar-refractivity contribution in [2.45, 2.75) is 32.4 Å². The quantitative estimate of drug-likeness (QED) is 0.721. The average Bonchev–Trinajstić information content (AvgIpc) is 3.00. The second-order valence-corrected chi connectivity index (χ2v) is 7.02. The van der Waals surface area contributed by atoms with Gasteiger partial charge in [0.1, 0.15) is 6.04 Å². The number of nitrogens with zero attached hydrogens (tertiary/aromatic N) is 3. The van der Waals surface area contributed by atoms with E-state index in [9.17, 15) is 19.2 Å². The molecule has 3 rings (SSSR count). The number of ether oxygens (including phenoxy) is 1. The number of carbonyl (C=O) groups is 4. The minimum atomic E-state index is -0.684. The molecule has 9 nitrogen and oxygen atoms in total. The standard InChI is InChI=1S/C20H26N4O5/c1-2-29-20(28)23-12-10-22(11-13-23)17(25)9-8-16-18(26)24(19(27)21-16)14-15-6-4-3-5-7-15/h3-7,16H,2,8-14H2,1H3,(H,21,27)/t16-/m0/s1. The number of imide groups is 1. The maximum atomic E-state index is 12.5. The van der Waals surface area contributed by atoms with E-state index in [0.29, 0.717) is 32.8 Å². The van der Waals surface area contributed by atoms with E-state index in [1.54, 1.807) is 16.7 Å². The highest BCUT2D eigenvalue weighted by atomic mass is 16.6. The van der Waals surface area contributed by atoms with Crippen molar-refractivity contribution in [2.75, 3.05) is 32.8 Å². The van der Waals surface area contributed by atoms with Crippen molar-refractivity contribution in [3.05, 3.63) is 35.9 Å². The Morgan fingerprint density at radius 3 is 2.38 bits per heavy atom. The van der Waals surface area contributed by atoms with Crippen LogP contribution in [-0.4, -0.2) is 77.5 Å². The van der Waals surface area contributed by atoms with Crippen LogP contribution in [0.25, 0.3) is 0 Å². The molecule has 0 spiro atoms. The maximum absolute atomic E-state index is 12.5. The summed E-state index contributed by atoms with van der Waals surface area (Å²) in [5.41, 5.74) is 0.868. The SMILES string of the molecule is CCOC(=O)N1CCN(C(=O)CC[C@@H]2NC(=O)N(Cc3ccccc3)C2=O)CC1. The Balaban J connectivity index is 1.45. The summed E-state index contributed by atoms with van der Waals surface area (Å²) in [6.45, 7) is 4.00. The number of piperazine rings is 1. The molecule has 0 radical (unpaired) electrons. The van der Waals surface area contributed by atoms with Gasteiger partial charge in [0, 0.05) is 32.6 Å². The molecule has 5 amide bonds. The van der Waals surface area contributed by atoms with Crippen LogP contribution in [0.3, 0.4) is 0 Å². The minimum absolute atomic E-state index is 0.0860. The number of amides is 5. The van der Waals surface area contributed by atoms with E-state index in [2.05, 4.69) is 5.32 Å². The third-order valence-corrected chi connectivity index (χ3v) is 5.10. The Labute approximate surface area is 169 Å². The summed E-state index contributed by atoms with van der Waals surface area (Å²) in [6, 6.07) is 8.17. The van der Waals surface area contributed by atoms with Crippen LogP contribution in [0.4, 0.5) is 9.59 Å². The number of hydrogen-bond acceptors (Lipinski definition) is 5. The van der Waals surface area contributed by atoms with Gasteiger partial charge in [-0.2, -0.15) is 0 Å². The van der Waals surface area contributed by atoms with Crippen LogP contribution >= 0.6 is 0 Å². The predicted octanol–water partition coefficient (Wildman–Crippen LogP) is 1.19. The fourth-order valence-electron chi connectivity index (χ4n) is 3.47. The second kappa shape index (κ2) is 9.40. The predicted molar refractivity (Wildman–Crippen MR) is 104 cm³/mol.